The molecule has 144 heavy (non-hydrogen) atoms. The molecule has 9 aliphatic heterocycles. The summed E-state index contributed by atoms with van der Waals surface area (Å²) >= 11 is 0. The van der Waals surface area contributed by atoms with E-state index in [4.69, 9.17) is 28.4 Å². The molecule has 0 unspecified atom stereocenters. The molecule has 0 aromatic heterocycles. The predicted molar refractivity (Wildman–Crippen MR) is 533 cm³/mol. The number of carbonyl (C=O) groups is 6. The zero-order valence-electron chi connectivity index (χ0n) is 86.0. The molecule has 15 rings (SSSR count). The zero-order chi connectivity index (χ0) is 105. The van der Waals surface area contributed by atoms with Crippen LogP contribution in [0.2, 0.25) is 0 Å². The van der Waals surface area contributed by atoms with Gasteiger partial charge in [0, 0.05) is 101 Å². The molecule has 9 heterocycles. The number of hydrogen-bond acceptors (Lipinski definition) is 28. The molecule has 35 heteroatoms. The number of nitrogens with zero attached hydrogens (tertiary/aromatic N) is 6. The number of aliphatic hydroxyl groups is 13. The first-order chi connectivity index (χ1) is 67.8. The zero-order valence-corrected chi connectivity index (χ0v) is 86.0. The first-order valence-corrected chi connectivity index (χ1v) is 50.7. The van der Waals surface area contributed by atoms with E-state index in [-0.39, 0.29) is 100 Å². The van der Waals surface area contributed by atoms with E-state index in [1.165, 1.54) is 51.3 Å². The second-order valence-corrected chi connectivity index (χ2v) is 43.4. The molecular weight excluding hydrogens is 1850 g/mol. The van der Waals surface area contributed by atoms with Gasteiger partial charge in [-0.3, -0.25) is 28.8 Å². The third kappa shape index (κ3) is 24.0. The highest BCUT2D eigenvalue weighted by atomic mass is 19.1. The van der Waals surface area contributed by atoms with Crippen LogP contribution < -0.4 is 16.0 Å². The van der Waals surface area contributed by atoms with Gasteiger partial charge >= 0.3 is 0 Å². The van der Waals surface area contributed by atoms with Gasteiger partial charge in [-0.1, -0.05) is 109 Å². The van der Waals surface area contributed by atoms with E-state index in [1.807, 2.05) is 163 Å². The number of aliphatic hydroxyl groups excluding tert-OH is 10. The molecule has 9 saturated heterocycles. The van der Waals surface area contributed by atoms with E-state index in [1.54, 1.807) is 23.1 Å². The highest BCUT2D eigenvalue weighted by molar-refractivity contribution is 5.90. The van der Waals surface area contributed by atoms with Gasteiger partial charge < -0.3 is 140 Å². The van der Waals surface area contributed by atoms with Gasteiger partial charge in [-0.05, 0) is 267 Å². The number of hydrogen-bond donors (Lipinski definition) is 16. The summed E-state index contributed by atoms with van der Waals surface area (Å²) in [4.78, 5) is 87.9. The minimum absolute atomic E-state index is 0.0255. The Morgan fingerprint density at radius 1 is 0.389 bits per heavy atom. The minimum Gasteiger partial charge on any atom is -0.391 e. The molecule has 6 amide bonds. The van der Waals surface area contributed by atoms with Crippen LogP contribution in [0.1, 0.15) is 196 Å². The fourth-order valence-corrected chi connectivity index (χ4v) is 21.3. The molecule has 0 saturated carbocycles. The van der Waals surface area contributed by atoms with Crippen molar-refractivity contribution in [2.24, 2.45) is 0 Å². The Bertz CT molecular complexity index is 4910. The van der Waals surface area contributed by atoms with Gasteiger partial charge in [-0.2, -0.15) is 0 Å². The summed E-state index contributed by atoms with van der Waals surface area (Å²) in [5.74, 6) is -6.17. The average Bonchev–Trinajstić information content (AvgIpc) is 1.54. The lowest BCUT2D eigenvalue weighted by Gasteiger charge is -2.50. The SMILES string of the molecule is Cc1ccc([C@]23OC[C@](C(C)(C)O)(O2)[C@@H](O)[C@H](O)[C@H]3O)cc1Cc1ccc(CCCC(=O)N2CCCC[C@H]2C(=O)NCCN(C)C)cc1.Cc1ccc([C@]23OC[C@](C(C)(C)O)(O2)[C@@H](O)[C@H](O)[C@H]3O)cc1Cc1ccc(CCCC(=O)N2C[C@@H](O)C[C@H]2C(=O)NCCN(C)C)cc1.Cc1ccc([C@]23OC[C@](C(C)(C)O)(O2)[C@@H](O)[C@H](O)[C@H]3O)cc1Cc1ccc(CCCC(=O)N2C[C@H](F)C[C@H]2C(=O)NCCN(C)C)cc1. The number of halogens is 1. The van der Waals surface area contributed by atoms with Crippen LogP contribution in [0.25, 0.3) is 0 Å². The fourth-order valence-electron chi connectivity index (χ4n) is 21.3. The van der Waals surface area contributed by atoms with Crippen molar-refractivity contribution in [1.82, 2.24) is 45.3 Å². The summed E-state index contributed by atoms with van der Waals surface area (Å²) < 4.78 is 50.9. The molecule has 6 aromatic carbocycles. The first kappa shape index (κ1) is 112. The molecular formula is C109H154FN9O25. The topological polar surface area (TPSA) is 476 Å². The van der Waals surface area contributed by atoms with Crippen molar-refractivity contribution >= 4 is 35.4 Å². The van der Waals surface area contributed by atoms with Crippen molar-refractivity contribution in [3.8, 4) is 0 Å². The highest BCUT2D eigenvalue weighted by Crippen LogP contribution is 2.57. The summed E-state index contributed by atoms with van der Waals surface area (Å²) in [6.45, 7) is 18.5. The molecule has 34 nitrogen and oxygen atoms in total. The lowest BCUT2D eigenvalue weighted by Crippen LogP contribution is -2.70. The van der Waals surface area contributed by atoms with Crippen LogP contribution in [0.3, 0.4) is 0 Å². The van der Waals surface area contributed by atoms with E-state index in [2.05, 4.69) is 40.2 Å². The van der Waals surface area contributed by atoms with Gasteiger partial charge in [0.05, 0.1) is 49.3 Å². The second kappa shape index (κ2) is 46.1. The fraction of sp³-hybridized carbons (Fsp3) is 0.615. The van der Waals surface area contributed by atoms with Gasteiger partial charge in [0.1, 0.15) is 79.2 Å². The molecule has 792 valence electrons. The Labute approximate surface area is 844 Å². The van der Waals surface area contributed by atoms with Crippen LogP contribution in [0.4, 0.5) is 4.39 Å². The molecule has 0 radical (unpaired) electrons. The largest absolute Gasteiger partial charge is 0.391 e. The number of fused-ring (bicyclic) bond motifs is 6. The maximum absolute atomic E-state index is 14.2. The number of likely N-dealkylation sites (N-methyl/N-ethyl adjacent to an activating group) is 3. The van der Waals surface area contributed by atoms with Crippen molar-refractivity contribution in [2.75, 3.05) is 121 Å². The number of benzene rings is 6. The smallest absolute Gasteiger partial charge is 0.242 e. The Hall–Kier alpha value is -8.81. The predicted octanol–water partition coefficient (Wildman–Crippen LogP) is 3.46. The van der Waals surface area contributed by atoms with Crippen molar-refractivity contribution in [2.45, 2.75) is 308 Å². The normalized spacial score (nSPS) is 29.8. The summed E-state index contributed by atoms with van der Waals surface area (Å²) in [5, 5.41) is 149. The van der Waals surface area contributed by atoms with Gasteiger partial charge in [0.25, 0.3) is 0 Å². The summed E-state index contributed by atoms with van der Waals surface area (Å²) in [5.41, 5.74) is 4.15. The van der Waals surface area contributed by atoms with Crippen molar-refractivity contribution < 1.29 is 128 Å². The van der Waals surface area contributed by atoms with Crippen LogP contribution >= 0.6 is 0 Å². The second-order valence-electron chi connectivity index (χ2n) is 43.4. The summed E-state index contributed by atoms with van der Waals surface area (Å²) in [6.07, 6.45) is -6.67. The van der Waals surface area contributed by atoms with E-state index in [0.717, 1.165) is 92.6 Å². The number of aryl methyl sites for hydroxylation is 6. The van der Waals surface area contributed by atoms with E-state index >= 15 is 0 Å². The van der Waals surface area contributed by atoms with Gasteiger partial charge in [-0.15, -0.1) is 0 Å². The monoisotopic (exact) mass is 2010 g/mol. The maximum atomic E-state index is 14.2. The first-order valence-electron chi connectivity index (χ1n) is 50.7. The Morgan fingerprint density at radius 3 is 0.993 bits per heavy atom. The number of likely N-dealkylation sites (tertiary alicyclic amines) is 3. The Morgan fingerprint density at radius 2 is 0.681 bits per heavy atom. The molecule has 9 fully saturated rings. The van der Waals surface area contributed by atoms with Gasteiger partial charge in [-0.25, -0.2) is 4.39 Å². The van der Waals surface area contributed by atoms with Gasteiger partial charge in [0.15, 0.2) is 16.8 Å². The van der Waals surface area contributed by atoms with Crippen LogP contribution in [0.15, 0.2) is 127 Å². The Kier molecular flexibility index (Phi) is 36.0. The highest BCUT2D eigenvalue weighted by Gasteiger charge is 2.75. The quantitative estimate of drug-likeness (QED) is 0.0268. The standard InChI is InChI=1S/C37H53N3O8.C36H50FN3O8.C36H51N3O9/c1-24-12-17-28(37-33(44)31(42)32(43)36(48-37,23-47-37)35(2,3)46)22-27(24)21-26-15-13-25(14-16-26)9-8-11-30(41)40-19-7-6-10-29(40)34(45)38-18-20-39(4)5;1-22-9-14-26(36-32(44)30(42)31(43)35(48-36,21-47-36)34(2,3)46)18-25(22)17-24-12-10-23(11-13-24)7-6-8-29(41)40-20-27(37)19-28(40)33(45)38-15-16-39(4)5;1-22-9-14-26(36-32(44)30(42)31(43)35(48-36,21-47-36)34(2,3)46)18-25(22)17-24-12-10-23(11-13-24)7-6-8-29(41)39-20-27(40)19-28(39)33(45)37-15-16-38(4)5/h12-17,22,29,31-33,42-44,46H,6-11,18-21,23H2,1-5H3,(H,38,45);9-14,18,27-28,30-32,42-44,46H,6-8,15-17,19-21H2,1-5H3,(H,38,45);9-14,18,27-28,30-32,40,42-44,46H,6-8,15-17,19-21H2,1-5H3,(H,37,45)/t29-,31-,32-,33+,36-,37-;27-,28+,30+,31+,32-,35+,36+;27-,28-,30-,31-,32+,35-,36-/m010/s1. The minimum atomic E-state index is -1.77. The number of rotatable bonds is 36. The van der Waals surface area contributed by atoms with Crippen LogP contribution in [-0.4, -0.2) is 371 Å². The van der Waals surface area contributed by atoms with Crippen molar-refractivity contribution in [1.29, 1.82) is 0 Å². The number of β-amino-alcohol motifs (C(OH)–C–C–N with tert-alkyl or cyclic N) is 1. The van der Waals surface area contributed by atoms with E-state index in [9.17, 15) is 99.5 Å². The molecule has 9 aliphatic rings. The molecule has 20 atom stereocenters. The number of amides is 6. The number of carbonyl (C=O) groups excluding carboxylic acids is 6. The lowest BCUT2D eigenvalue weighted by atomic mass is 9.75. The van der Waals surface area contributed by atoms with Crippen LogP contribution in [0, 0.1) is 20.8 Å². The van der Waals surface area contributed by atoms with Crippen LogP contribution in [-0.2, 0) is 113 Å². The average molecular weight is 2010 g/mol. The van der Waals surface area contributed by atoms with Crippen LogP contribution in [0.5, 0.6) is 0 Å². The molecule has 6 aromatic rings. The Balaban J connectivity index is 0.000000181. The number of ether oxygens (including phenoxy) is 6. The number of alkyl halides is 1. The molecule has 0 spiro atoms. The summed E-state index contributed by atoms with van der Waals surface area (Å²) in [6, 6.07) is 39.2. The third-order valence-electron chi connectivity index (χ3n) is 30.7. The third-order valence-corrected chi connectivity index (χ3v) is 30.7. The van der Waals surface area contributed by atoms with E-state index < -0.39 is 130 Å². The number of nitrogens with one attached hydrogen (secondary N) is 3. The number of piperidine rings is 1. The van der Waals surface area contributed by atoms with Crippen molar-refractivity contribution in [3.63, 3.8) is 0 Å². The van der Waals surface area contributed by atoms with Crippen molar-refractivity contribution in [3.05, 3.63) is 211 Å². The molecule has 0 aliphatic carbocycles. The maximum Gasteiger partial charge on any atom is 0.242 e. The molecule has 16 N–H and O–H groups in total. The molecule has 6 bridgehead atoms. The van der Waals surface area contributed by atoms with E-state index in [0.29, 0.717) is 120 Å². The van der Waals surface area contributed by atoms with Gasteiger partial charge in [0.2, 0.25) is 52.8 Å². The summed E-state index contributed by atoms with van der Waals surface area (Å²) in [7, 11) is 11.6. The lowest BCUT2D eigenvalue weighted by molar-refractivity contribution is -0.348.